The van der Waals surface area contributed by atoms with Crippen molar-refractivity contribution in [1.82, 2.24) is 0 Å². The third-order valence-electron chi connectivity index (χ3n) is 11.3. The Morgan fingerprint density at radius 2 is 1.27 bits per heavy atom. The van der Waals surface area contributed by atoms with Crippen molar-refractivity contribution in [1.29, 1.82) is 0 Å². The molecule has 2 saturated carbocycles. The van der Waals surface area contributed by atoms with Crippen molar-refractivity contribution in [2.45, 2.75) is 102 Å². The van der Waals surface area contributed by atoms with Crippen molar-refractivity contribution < 1.29 is 42.7 Å². The van der Waals surface area contributed by atoms with Gasteiger partial charge in [-0.05, 0) is 36.5 Å². The number of hydrogen-bond donors (Lipinski definition) is 0. The van der Waals surface area contributed by atoms with Gasteiger partial charge in [0, 0.05) is 18.9 Å². The van der Waals surface area contributed by atoms with Crippen LogP contribution in [0.3, 0.4) is 0 Å². The highest BCUT2D eigenvalue weighted by atomic mass is 16.7. The summed E-state index contributed by atoms with van der Waals surface area (Å²) in [4.78, 5) is 27.0. The quantitative estimate of drug-likeness (QED) is 0.220. The van der Waals surface area contributed by atoms with Crippen molar-refractivity contribution in [3.05, 3.63) is 108 Å². The Labute approximate surface area is 281 Å². The maximum absolute atomic E-state index is 14.1. The lowest BCUT2D eigenvalue weighted by atomic mass is 9.66. The molecule has 2 heterocycles. The Bertz CT molecular complexity index is 1600. The summed E-state index contributed by atoms with van der Waals surface area (Å²) in [6.45, 7) is 6.59. The molecule has 3 aromatic rings. The third kappa shape index (κ3) is 5.46. The first-order valence-electron chi connectivity index (χ1n) is 16.8. The molecule has 0 aromatic heterocycles. The molecule has 1 unspecified atom stereocenters. The molecule has 8 atom stereocenters. The summed E-state index contributed by atoms with van der Waals surface area (Å²) in [6.07, 6.45) is -2.23. The van der Waals surface area contributed by atoms with Crippen LogP contribution in [0, 0.1) is 10.8 Å². The molecule has 254 valence electrons. The van der Waals surface area contributed by atoms with Crippen molar-refractivity contribution in [2.24, 2.45) is 10.8 Å². The predicted octanol–water partition coefficient (Wildman–Crippen LogP) is 5.92. The number of esters is 2. The van der Waals surface area contributed by atoms with E-state index < -0.39 is 58.7 Å². The van der Waals surface area contributed by atoms with E-state index in [0.29, 0.717) is 32.5 Å². The maximum Gasteiger partial charge on any atom is 0.351 e. The lowest BCUT2D eigenvalue weighted by Gasteiger charge is -2.46. The number of carbonyl (C=O) groups excluding carboxylic acids is 2. The van der Waals surface area contributed by atoms with Gasteiger partial charge < -0.3 is 33.2 Å². The van der Waals surface area contributed by atoms with E-state index in [0.717, 1.165) is 16.7 Å². The molecule has 0 amide bonds. The molecular formula is C39H44O9. The van der Waals surface area contributed by atoms with Crippen molar-refractivity contribution in [3.63, 3.8) is 0 Å². The molecule has 0 N–H and O–H groups in total. The molecule has 48 heavy (non-hydrogen) atoms. The lowest BCUT2D eigenvalue weighted by molar-refractivity contribution is -0.331. The monoisotopic (exact) mass is 656 g/mol. The van der Waals surface area contributed by atoms with Crippen LogP contribution >= 0.6 is 0 Å². The topological polar surface area (TPSA) is 98.8 Å². The smallest absolute Gasteiger partial charge is 0.351 e. The minimum Gasteiger partial charge on any atom is -0.456 e. The van der Waals surface area contributed by atoms with Crippen molar-refractivity contribution in [3.8, 4) is 0 Å². The maximum atomic E-state index is 14.1. The van der Waals surface area contributed by atoms with E-state index in [1.165, 1.54) is 0 Å². The van der Waals surface area contributed by atoms with Crippen LogP contribution < -0.4 is 0 Å². The molecule has 1 spiro atoms. The molecule has 9 heteroatoms. The summed E-state index contributed by atoms with van der Waals surface area (Å²) in [7, 11) is 1.57. The average Bonchev–Trinajstić information content (AvgIpc) is 3.69. The highest BCUT2D eigenvalue weighted by Gasteiger charge is 2.78. The highest BCUT2D eigenvalue weighted by molar-refractivity contribution is 5.93. The van der Waals surface area contributed by atoms with Crippen LogP contribution in [-0.4, -0.2) is 61.0 Å². The Morgan fingerprint density at radius 1 is 0.750 bits per heavy atom. The van der Waals surface area contributed by atoms with Gasteiger partial charge in [0.25, 0.3) is 0 Å². The zero-order valence-electron chi connectivity index (χ0n) is 28.0. The summed E-state index contributed by atoms with van der Waals surface area (Å²) in [6, 6.07) is 29.7. The molecule has 9 nitrogen and oxygen atoms in total. The lowest BCUT2D eigenvalue weighted by Crippen LogP contribution is -2.63. The second-order valence-corrected chi connectivity index (χ2v) is 14.2. The van der Waals surface area contributed by atoms with E-state index in [9.17, 15) is 9.59 Å². The van der Waals surface area contributed by atoms with Crippen LogP contribution in [0.4, 0.5) is 0 Å². The minimum atomic E-state index is -1.36. The number of benzene rings is 3. The van der Waals surface area contributed by atoms with E-state index in [1.54, 1.807) is 7.11 Å². The number of methoxy groups -OCH3 is 1. The number of hydrogen-bond acceptors (Lipinski definition) is 9. The highest BCUT2D eigenvalue weighted by Crippen LogP contribution is 2.66. The summed E-state index contributed by atoms with van der Waals surface area (Å²) in [5, 5.41) is 0. The molecule has 3 aromatic carbocycles. The fourth-order valence-corrected chi connectivity index (χ4v) is 7.75. The zero-order valence-corrected chi connectivity index (χ0v) is 28.0. The predicted molar refractivity (Wildman–Crippen MR) is 174 cm³/mol. The van der Waals surface area contributed by atoms with Gasteiger partial charge in [0.1, 0.15) is 30.0 Å². The summed E-state index contributed by atoms with van der Waals surface area (Å²) < 4.78 is 44.8. The Balaban J connectivity index is 1.20. The van der Waals surface area contributed by atoms with Crippen LogP contribution in [0.2, 0.25) is 0 Å². The molecule has 4 aliphatic rings. The van der Waals surface area contributed by atoms with Gasteiger partial charge in [-0.15, -0.1) is 0 Å². The van der Waals surface area contributed by atoms with Crippen LogP contribution in [0.15, 0.2) is 91.0 Å². The van der Waals surface area contributed by atoms with Gasteiger partial charge in [-0.1, -0.05) is 105 Å². The second kappa shape index (κ2) is 12.7. The van der Waals surface area contributed by atoms with Crippen LogP contribution in [-0.2, 0) is 62.6 Å². The third-order valence-corrected chi connectivity index (χ3v) is 11.3. The molecule has 2 aliphatic carbocycles. The normalized spacial score (nSPS) is 34.6. The number of fused-ring (bicyclic) bond motifs is 2. The van der Waals surface area contributed by atoms with Crippen LogP contribution in [0.1, 0.15) is 56.7 Å². The van der Waals surface area contributed by atoms with Crippen LogP contribution in [0.5, 0.6) is 0 Å². The number of carbonyl (C=O) groups is 2. The first kappa shape index (κ1) is 32.9. The summed E-state index contributed by atoms with van der Waals surface area (Å²) in [5.74, 6) is -0.904. The van der Waals surface area contributed by atoms with Gasteiger partial charge in [0.15, 0.2) is 6.29 Å². The van der Waals surface area contributed by atoms with Gasteiger partial charge in [-0.25, -0.2) is 4.79 Å². The summed E-state index contributed by atoms with van der Waals surface area (Å²) >= 11 is 0. The fourth-order valence-electron chi connectivity index (χ4n) is 7.75. The first-order chi connectivity index (χ1) is 23.1. The van der Waals surface area contributed by atoms with Gasteiger partial charge in [0.05, 0.1) is 25.2 Å². The number of ether oxygens (including phenoxy) is 7. The fraction of sp³-hybridized carbons (Fsp3) is 0.487. The standard InChI is InChI=1S/C39H44O9/c1-36(2)37(3)20-21-39(36,48-34(37)40)35(41)46-29-22-38(29)32(45-25-28-18-12-7-13-19-28)30(43-23-26-14-8-5-9-15-26)31(33(42-4)47-38)44-24-27-16-10-6-11-17-27/h5-19,29-33H,20-25H2,1-4H3/t29?,30-,31-,32+,33+,37+,38-,39-/m1/s1. The van der Waals surface area contributed by atoms with E-state index in [-0.39, 0.29) is 12.6 Å². The Hall–Kier alpha value is -3.60. The van der Waals surface area contributed by atoms with E-state index in [1.807, 2.05) is 112 Å². The van der Waals surface area contributed by atoms with Gasteiger partial charge in [0.2, 0.25) is 5.60 Å². The van der Waals surface area contributed by atoms with E-state index in [2.05, 4.69) is 0 Å². The van der Waals surface area contributed by atoms with Crippen LogP contribution in [0.25, 0.3) is 0 Å². The molecule has 2 bridgehead atoms. The van der Waals surface area contributed by atoms with Gasteiger partial charge in [-0.2, -0.15) is 0 Å². The Kier molecular flexibility index (Phi) is 8.71. The SMILES string of the molecule is CO[C@H]1O[C@@]2(CC2OC(=O)[C@@]23CC[C@@](C)(C(=O)O2)C3(C)C)[C@@H](OCc2ccccc2)[C@H](OCc2ccccc2)[C@H]1OCc1ccccc1. The second-order valence-electron chi connectivity index (χ2n) is 14.2. The molecule has 2 saturated heterocycles. The van der Waals surface area contributed by atoms with E-state index >= 15 is 0 Å². The first-order valence-corrected chi connectivity index (χ1v) is 16.8. The zero-order chi connectivity index (χ0) is 33.6. The molecule has 0 radical (unpaired) electrons. The molecule has 2 aliphatic heterocycles. The van der Waals surface area contributed by atoms with Gasteiger partial charge >= 0.3 is 11.9 Å². The van der Waals surface area contributed by atoms with E-state index in [4.69, 9.17) is 33.2 Å². The van der Waals surface area contributed by atoms with Crippen molar-refractivity contribution in [2.75, 3.05) is 7.11 Å². The number of rotatable bonds is 12. The van der Waals surface area contributed by atoms with Gasteiger partial charge in [-0.3, -0.25) is 4.79 Å². The van der Waals surface area contributed by atoms with Crippen molar-refractivity contribution >= 4 is 11.9 Å². The minimum absolute atomic E-state index is 0.276. The largest absolute Gasteiger partial charge is 0.456 e. The molecular weight excluding hydrogens is 612 g/mol. The summed E-state index contributed by atoms with van der Waals surface area (Å²) in [5.41, 5.74) is -0.971. The molecule has 4 fully saturated rings. The molecule has 7 rings (SSSR count). The average molecular weight is 657 g/mol. The Morgan fingerprint density at radius 3 is 1.75 bits per heavy atom.